The third kappa shape index (κ3) is 15.5. The van der Waals surface area contributed by atoms with E-state index in [0.29, 0.717) is 59.3 Å². The Labute approximate surface area is 312 Å². The summed E-state index contributed by atoms with van der Waals surface area (Å²) in [6, 6.07) is -1.14. The Morgan fingerprint density at radius 1 is 0.885 bits per heavy atom. The minimum atomic E-state index is -0.588. The zero-order valence-electron chi connectivity index (χ0n) is 33.5. The molecule has 0 aromatic carbocycles. The van der Waals surface area contributed by atoms with Crippen molar-refractivity contribution in [3.63, 3.8) is 0 Å². The number of hydrogen-bond donors (Lipinski definition) is 3. The van der Waals surface area contributed by atoms with E-state index in [2.05, 4.69) is 15.5 Å². The highest BCUT2D eigenvalue weighted by Crippen LogP contribution is 2.29. The number of nitrogens with two attached hydrogens (primary N) is 1. The maximum Gasteiger partial charge on any atom is 0.242 e. The van der Waals surface area contributed by atoms with Crippen molar-refractivity contribution in [3.8, 4) is 0 Å². The molecule has 0 radical (unpaired) electrons. The second-order valence-corrected chi connectivity index (χ2v) is 13.9. The van der Waals surface area contributed by atoms with Gasteiger partial charge in [0.15, 0.2) is 0 Å². The molecule has 1 rings (SSSR count). The monoisotopic (exact) mass is 747 g/mol. The molecule has 1 aliphatic rings. The summed E-state index contributed by atoms with van der Waals surface area (Å²) >= 11 is 0. The topological polar surface area (TPSA) is 183 Å². The van der Waals surface area contributed by atoms with Crippen molar-refractivity contribution in [3.05, 3.63) is 0 Å². The van der Waals surface area contributed by atoms with Crippen molar-refractivity contribution in [2.24, 2.45) is 23.7 Å². The van der Waals surface area contributed by atoms with E-state index in [-0.39, 0.29) is 54.5 Å². The van der Waals surface area contributed by atoms with Gasteiger partial charge in [-0.15, -0.1) is 0 Å². The average molecular weight is 747 g/mol. The van der Waals surface area contributed by atoms with E-state index in [4.69, 9.17) is 29.6 Å². The van der Waals surface area contributed by atoms with Gasteiger partial charge in [0.2, 0.25) is 23.6 Å². The molecular formula is C36H70N6O10. The number of carbonyl (C=O) groups is 4. The first kappa shape index (κ1) is 47.6. The number of amides is 4. The SMILES string of the molecule is CCC(C)C(C(CC(=O)N1CCCC1C(OC)C(C)C(=O)NC)OC)N(C)C(=O)CNC(=O)C(C(C)C)N(C)CCOCCOCCOCCON. The number of ether oxygens (including phenoxy) is 5. The number of likely N-dealkylation sites (tertiary alicyclic amines) is 1. The lowest BCUT2D eigenvalue weighted by atomic mass is 9.90. The fraction of sp³-hybridized carbons (Fsp3) is 0.889. The van der Waals surface area contributed by atoms with Gasteiger partial charge in [0.25, 0.3) is 0 Å². The molecule has 16 nitrogen and oxygen atoms in total. The molecule has 0 aliphatic carbocycles. The molecule has 4 N–H and O–H groups in total. The molecule has 1 aliphatic heterocycles. The molecule has 7 atom stereocenters. The van der Waals surface area contributed by atoms with Crippen LogP contribution in [0.15, 0.2) is 0 Å². The highest BCUT2D eigenvalue weighted by molar-refractivity contribution is 5.87. The Hall–Kier alpha value is -2.44. The Morgan fingerprint density at radius 2 is 1.48 bits per heavy atom. The largest absolute Gasteiger partial charge is 0.379 e. The van der Waals surface area contributed by atoms with Crippen LogP contribution < -0.4 is 16.5 Å². The first-order valence-electron chi connectivity index (χ1n) is 18.7. The van der Waals surface area contributed by atoms with Crippen LogP contribution in [-0.2, 0) is 47.7 Å². The van der Waals surface area contributed by atoms with E-state index in [1.165, 1.54) is 0 Å². The minimum absolute atomic E-state index is 0.00138. The predicted octanol–water partition coefficient (Wildman–Crippen LogP) is 0.665. The van der Waals surface area contributed by atoms with Crippen molar-refractivity contribution in [2.45, 2.75) is 90.6 Å². The first-order chi connectivity index (χ1) is 24.8. The molecule has 52 heavy (non-hydrogen) atoms. The lowest BCUT2D eigenvalue weighted by Crippen LogP contribution is -2.55. The number of hydrogen-bond acceptors (Lipinski definition) is 12. The van der Waals surface area contributed by atoms with Crippen LogP contribution in [-0.4, -0.2) is 170 Å². The van der Waals surface area contributed by atoms with Gasteiger partial charge in [-0.25, -0.2) is 5.90 Å². The van der Waals surface area contributed by atoms with Gasteiger partial charge < -0.3 is 49.0 Å². The van der Waals surface area contributed by atoms with Crippen LogP contribution in [0.3, 0.4) is 0 Å². The van der Waals surface area contributed by atoms with Gasteiger partial charge >= 0.3 is 0 Å². The Bertz CT molecular complexity index is 1040. The average Bonchev–Trinajstić information content (AvgIpc) is 3.61. The van der Waals surface area contributed by atoms with Crippen molar-refractivity contribution in [1.29, 1.82) is 0 Å². The first-order valence-corrected chi connectivity index (χ1v) is 18.7. The van der Waals surface area contributed by atoms with Crippen LogP contribution in [0.1, 0.15) is 60.3 Å². The van der Waals surface area contributed by atoms with Gasteiger partial charge in [-0.2, -0.15) is 0 Å². The van der Waals surface area contributed by atoms with Gasteiger partial charge in [-0.3, -0.25) is 24.1 Å². The van der Waals surface area contributed by atoms with Gasteiger partial charge in [-0.05, 0) is 31.7 Å². The highest BCUT2D eigenvalue weighted by atomic mass is 16.6. The lowest BCUT2D eigenvalue weighted by Gasteiger charge is -2.39. The van der Waals surface area contributed by atoms with Crippen molar-refractivity contribution in [1.82, 2.24) is 25.3 Å². The molecule has 0 bridgehead atoms. The summed E-state index contributed by atoms with van der Waals surface area (Å²) in [5.41, 5.74) is 0. The molecule has 4 amide bonds. The summed E-state index contributed by atoms with van der Waals surface area (Å²) in [5, 5.41) is 5.53. The Kier molecular flexibility index (Phi) is 24.1. The van der Waals surface area contributed by atoms with E-state index < -0.39 is 30.2 Å². The lowest BCUT2D eigenvalue weighted by molar-refractivity contribution is -0.145. The molecule has 0 saturated carbocycles. The normalized spacial score (nSPS) is 18.2. The standard InChI is InChI=1S/C36H70N6O10/c1-11-26(4)33(29(47-9)23-30(43)42-14-12-13-28(42)34(48-10)27(5)35(45)38-6)41(8)31(44)24-39-36(46)32(25(2)3)40(7)15-16-49-17-18-50-19-20-51-21-22-52-37/h25-29,32-34H,11-24,37H2,1-10H3,(H,38,45)(H,39,46). The summed E-state index contributed by atoms with van der Waals surface area (Å²) in [7, 11) is 8.27. The number of carbonyl (C=O) groups excluding carboxylic acids is 4. The Balaban J connectivity index is 2.80. The highest BCUT2D eigenvalue weighted by Gasteiger charge is 2.42. The summed E-state index contributed by atoms with van der Waals surface area (Å²) in [6.45, 7) is 13.5. The van der Waals surface area contributed by atoms with Crippen LogP contribution in [0, 0.1) is 17.8 Å². The van der Waals surface area contributed by atoms with Crippen LogP contribution >= 0.6 is 0 Å². The third-order valence-electron chi connectivity index (χ3n) is 10.0. The molecule has 1 saturated heterocycles. The fourth-order valence-corrected chi connectivity index (χ4v) is 6.95. The molecule has 0 aromatic heterocycles. The molecule has 304 valence electrons. The van der Waals surface area contributed by atoms with Crippen LogP contribution in [0.5, 0.6) is 0 Å². The summed E-state index contributed by atoms with van der Waals surface area (Å²) in [4.78, 5) is 63.0. The molecule has 1 heterocycles. The summed E-state index contributed by atoms with van der Waals surface area (Å²) in [5.74, 6) is 3.71. The number of methoxy groups -OCH3 is 2. The van der Waals surface area contributed by atoms with Crippen LogP contribution in [0.25, 0.3) is 0 Å². The second-order valence-electron chi connectivity index (χ2n) is 13.9. The predicted molar refractivity (Wildman–Crippen MR) is 197 cm³/mol. The van der Waals surface area contributed by atoms with E-state index in [1.54, 1.807) is 45.0 Å². The molecule has 7 unspecified atom stereocenters. The zero-order chi connectivity index (χ0) is 39.2. The van der Waals surface area contributed by atoms with Gasteiger partial charge in [0.1, 0.15) is 0 Å². The number of likely N-dealkylation sites (N-methyl/N-ethyl adjacent to an activating group) is 2. The summed E-state index contributed by atoms with van der Waals surface area (Å²) < 4.78 is 28.1. The molecule has 1 fully saturated rings. The Morgan fingerprint density at radius 3 is 2.00 bits per heavy atom. The quantitative estimate of drug-likeness (QED) is 0.0753. The van der Waals surface area contributed by atoms with E-state index in [9.17, 15) is 19.2 Å². The van der Waals surface area contributed by atoms with Crippen molar-refractivity contribution in [2.75, 3.05) is 101 Å². The van der Waals surface area contributed by atoms with Crippen LogP contribution in [0.2, 0.25) is 0 Å². The molecular weight excluding hydrogens is 676 g/mol. The van der Waals surface area contributed by atoms with Crippen molar-refractivity contribution < 1.29 is 47.7 Å². The number of rotatable bonds is 28. The van der Waals surface area contributed by atoms with E-state index in [1.807, 2.05) is 39.6 Å². The number of nitrogens with zero attached hydrogens (tertiary/aromatic N) is 3. The maximum atomic E-state index is 13.8. The van der Waals surface area contributed by atoms with Crippen LogP contribution in [0.4, 0.5) is 0 Å². The smallest absolute Gasteiger partial charge is 0.242 e. The van der Waals surface area contributed by atoms with Gasteiger partial charge in [-0.1, -0.05) is 41.0 Å². The van der Waals surface area contributed by atoms with E-state index in [0.717, 1.165) is 19.3 Å². The van der Waals surface area contributed by atoms with Gasteiger partial charge in [0, 0.05) is 41.4 Å². The zero-order valence-corrected chi connectivity index (χ0v) is 33.5. The maximum absolute atomic E-state index is 13.8. The second kappa shape index (κ2) is 26.4. The number of nitrogens with one attached hydrogen (secondary N) is 2. The molecule has 0 aromatic rings. The summed E-state index contributed by atoms with van der Waals surface area (Å²) in [6.07, 6.45) is 1.30. The fourth-order valence-electron chi connectivity index (χ4n) is 6.95. The van der Waals surface area contributed by atoms with E-state index >= 15 is 0 Å². The molecule has 16 heteroatoms. The third-order valence-corrected chi connectivity index (χ3v) is 10.0. The van der Waals surface area contributed by atoms with Crippen molar-refractivity contribution >= 4 is 23.6 Å². The van der Waals surface area contributed by atoms with Gasteiger partial charge in [0.05, 0.1) is 95.5 Å². The minimum Gasteiger partial charge on any atom is -0.379 e. The molecule has 0 spiro atoms.